The third kappa shape index (κ3) is 1.95. The Hall–Kier alpha value is -3.43. The smallest absolute Gasteiger partial charge is 0.120 e. The van der Waals surface area contributed by atoms with Crippen LogP contribution >= 0.6 is 11.3 Å². The lowest BCUT2D eigenvalue weighted by Gasteiger charge is -2.15. The summed E-state index contributed by atoms with van der Waals surface area (Å²) in [4.78, 5) is 7.66. The Kier molecular flexibility index (Phi) is 3.17. The van der Waals surface area contributed by atoms with Crippen molar-refractivity contribution in [2.24, 2.45) is 0 Å². The summed E-state index contributed by atoms with van der Waals surface area (Å²) in [5, 5.41) is 1.19. The molecule has 1 aliphatic carbocycles. The first-order valence-corrected chi connectivity index (χ1v) is 11.1. The lowest BCUT2D eigenvalue weighted by molar-refractivity contribution is 0.824. The van der Waals surface area contributed by atoms with E-state index in [4.69, 9.17) is 4.98 Å². The van der Waals surface area contributed by atoms with Crippen LogP contribution in [-0.4, -0.2) is 4.98 Å². The molecule has 1 spiro atoms. The van der Waals surface area contributed by atoms with Crippen molar-refractivity contribution in [1.29, 1.82) is 0 Å². The number of nitrogens with zero attached hydrogens (tertiary/aromatic N) is 2. The molecule has 1 aromatic heterocycles. The summed E-state index contributed by atoms with van der Waals surface area (Å²) < 4.78 is 1.25. The summed E-state index contributed by atoms with van der Waals surface area (Å²) in [7, 11) is 0. The van der Waals surface area contributed by atoms with Gasteiger partial charge in [-0.3, -0.25) is 0 Å². The van der Waals surface area contributed by atoms with Gasteiger partial charge in [0.1, 0.15) is 16.6 Å². The van der Waals surface area contributed by atoms with Crippen LogP contribution in [0.4, 0.5) is 5.69 Å². The predicted molar refractivity (Wildman–Crippen MR) is 124 cm³/mol. The Morgan fingerprint density at radius 3 is 1.97 bits per heavy atom. The minimum Gasteiger partial charge on any atom is -0.343 e. The highest BCUT2D eigenvalue weighted by Gasteiger charge is 2.70. The van der Waals surface area contributed by atoms with Crippen molar-refractivity contribution in [3.63, 3.8) is 0 Å². The minimum atomic E-state index is -0.192. The van der Waals surface area contributed by atoms with E-state index in [1.807, 2.05) is 11.3 Å². The van der Waals surface area contributed by atoms with Crippen LogP contribution in [0.15, 0.2) is 103 Å². The van der Waals surface area contributed by atoms with Gasteiger partial charge >= 0.3 is 0 Å². The number of benzene rings is 4. The normalized spacial score (nSPS) is 17.9. The van der Waals surface area contributed by atoms with Crippen molar-refractivity contribution >= 4 is 27.2 Å². The fourth-order valence-electron chi connectivity index (χ4n) is 5.33. The van der Waals surface area contributed by atoms with Crippen LogP contribution in [0.5, 0.6) is 0 Å². The van der Waals surface area contributed by atoms with Crippen molar-refractivity contribution in [1.82, 2.24) is 4.98 Å². The maximum Gasteiger partial charge on any atom is 0.120 e. The second kappa shape index (κ2) is 5.80. The Balaban J connectivity index is 1.53. The minimum absolute atomic E-state index is 0.192. The lowest BCUT2D eigenvalue weighted by atomic mass is 9.92. The maximum atomic E-state index is 5.09. The number of hydrogen-bond acceptors (Lipinski definition) is 3. The molecule has 4 aromatic carbocycles. The number of rotatable bonds is 2. The third-order valence-electron chi connectivity index (χ3n) is 6.51. The monoisotopic (exact) mass is 402 g/mol. The number of para-hydroxylation sites is 2. The Morgan fingerprint density at radius 1 is 0.667 bits per heavy atom. The Bertz CT molecular complexity index is 1340. The molecule has 1 fully saturated rings. The zero-order valence-electron chi connectivity index (χ0n) is 16.2. The highest BCUT2D eigenvalue weighted by atomic mass is 32.1. The molecular formula is C27H18N2S. The topological polar surface area (TPSA) is 15.9 Å². The van der Waals surface area contributed by atoms with E-state index in [2.05, 4.69) is 108 Å². The highest BCUT2D eigenvalue weighted by molar-refractivity contribution is 7.18. The molecule has 0 radical (unpaired) electrons. The SMILES string of the molecule is c1ccc(N2C(c3nc4ccccc4s3)C23c2ccccc2-c2ccccc23)cc1. The van der Waals surface area contributed by atoms with Gasteiger partial charge in [0.05, 0.1) is 10.2 Å². The highest BCUT2D eigenvalue weighted by Crippen LogP contribution is 2.71. The van der Waals surface area contributed by atoms with Gasteiger partial charge in [-0.1, -0.05) is 78.9 Å². The van der Waals surface area contributed by atoms with E-state index in [-0.39, 0.29) is 11.6 Å². The van der Waals surface area contributed by atoms with E-state index in [0.717, 1.165) is 5.52 Å². The molecule has 30 heavy (non-hydrogen) atoms. The van der Waals surface area contributed by atoms with Crippen LogP contribution in [0.2, 0.25) is 0 Å². The predicted octanol–water partition coefficient (Wildman–Crippen LogP) is 6.78. The molecule has 0 N–H and O–H groups in total. The lowest BCUT2D eigenvalue weighted by Crippen LogP contribution is -2.14. The van der Waals surface area contributed by atoms with Crippen LogP contribution < -0.4 is 4.90 Å². The van der Waals surface area contributed by atoms with Crippen LogP contribution in [0.25, 0.3) is 21.3 Å². The molecule has 0 amide bonds. The molecule has 0 saturated carbocycles. The van der Waals surface area contributed by atoms with E-state index < -0.39 is 0 Å². The standard InChI is InChI=1S/C27H18N2S/c1-2-10-18(11-3-1)29-25(26-28-23-16-8-9-17-24(23)30-26)27(29)21-14-6-4-12-19(21)20-13-5-7-15-22(20)27/h1-17,25H. The van der Waals surface area contributed by atoms with Gasteiger partial charge in [-0.05, 0) is 46.5 Å². The zero-order chi connectivity index (χ0) is 19.7. The van der Waals surface area contributed by atoms with Gasteiger partial charge in [0, 0.05) is 5.69 Å². The van der Waals surface area contributed by atoms with Gasteiger partial charge in [0.15, 0.2) is 0 Å². The second-order valence-electron chi connectivity index (χ2n) is 7.99. The second-order valence-corrected chi connectivity index (χ2v) is 9.05. The van der Waals surface area contributed by atoms with E-state index in [0.29, 0.717) is 0 Å². The van der Waals surface area contributed by atoms with Crippen molar-refractivity contribution in [3.05, 3.63) is 119 Å². The summed E-state index contributed by atoms with van der Waals surface area (Å²) >= 11 is 1.82. The summed E-state index contributed by atoms with van der Waals surface area (Å²) in [5.74, 6) is 0. The van der Waals surface area contributed by atoms with E-state index in [9.17, 15) is 0 Å². The molecule has 5 aromatic rings. The summed E-state index contributed by atoms with van der Waals surface area (Å²) in [6.45, 7) is 0. The quantitative estimate of drug-likeness (QED) is 0.302. The number of hydrogen-bond donors (Lipinski definition) is 0. The zero-order valence-corrected chi connectivity index (χ0v) is 17.0. The largest absolute Gasteiger partial charge is 0.343 e. The van der Waals surface area contributed by atoms with Crippen LogP contribution in [0.1, 0.15) is 22.2 Å². The number of anilines is 1. The van der Waals surface area contributed by atoms with Gasteiger partial charge in [0.2, 0.25) is 0 Å². The molecule has 1 saturated heterocycles. The fraction of sp³-hybridized carbons (Fsp3) is 0.0741. The van der Waals surface area contributed by atoms with E-state index in [1.54, 1.807) is 0 Å². The Morgan fingerprint density at radius 2 is 1.27 bits per heavy atom. The molecule has 2 heterocycles. The van der Waals surface area contributed by atoms with Gasteiger partial charge in [-0.15, -0.1) is 11.3 Å². The first kappa shape index (κ1) is 16.4. The summed E-state index contributed by atoms with van der Waals surface area (Å²) in [6, 6.07) is 37.2. The average Bonchev–Trinajstić information content (AvgIpc) is 3.18. The maximum absolute atomic E-state index is 5.09. The average molecular weight is 403 g/mol. The molecular weight excluding hydrogens is 384 g/mol. The van der Waals surface area contributed by atoms with Crippen LogP contribution in [-0.2, 0) is 5.54 Å². The van der Waals surface area contributed by atoms with Crippen molar-refractivity contribution in [2.75, 3.05) is 4.90 Å². The van der Waals surface area contributed by atoms with Crippen LogP contribution in [0, 0.1) is 0 Å². The van der Waals surface area contributed by atoms with Crippen molar-refractivity contribution in [3.8, 4) is 11.1 Å². The van der Waals surface area contributed by atoms with Gasteiger partial charge in [-0.2, -0.15) is 0 Å². The fourth-order valence-corrected chi connectivity index (χ4v) is 6.45. The first-order valence-electron chi connectivity index (χ1n) is 10.3. The molecule has 7 rings (SSSR count). The summed E-state index contributed by atoms with van der Waals surface area (Å²) in [6.07, 6.45) is 0. The first-order chi connectivity index (χ1) is 14.9. The van der Waals surface area contributed by atoms with E-state index in [1.165, 1.54) is 37.6 Å². The van der Waals surface area contributed by atoms with Gasteiger partial charge in [0.25, 0.3) is 0 Å². The van der Waals surface area contributed by atoms with Crippen LogP contribution in [0.3, 0.4) is 0 Å². The summed E-state index contributed by atoms with van der Waals surface area (Å²) in [5.41, 5.74) is 7.61. The molecule has 0 bridgehead atoms. The number of fused-ring (bicyclic) bond motifs is 6. The molecule has 2 nitrogen and oxygen atoms in total. The van der Waals surface area contributed by atoms with Gasteiger partial charge < -0.3 is 4.90 Å². The molecule has 142 valence electrons. The Labute approximate surface area is 179 Å². The molecule has 2 aliphatic rings. The van der Waals surface area contributed by atoms with Crippen molar-refractivity contribution in [2.45, 2.75) is 11.6 Å². The third-order valence-corrected chi connectivity index (χ3v) is 7.60. The number of thiazole rings is 1. The molecule has 1 atom stereocenters. The molecule has 1 aliphatic heterocycles. The van der Waals surface area contributed by atoms with Crippen molar-refractivity contribution < 1.29 is 0 Å². The molecule has 1 unspecified atom stereocenters. The number of aromatic nitrogens is 1. The van der Waals surface area contributed by atoms with Gasteiger partial charge in [-0.25, -0.2) is 4.98 Å². The molecule has 3 heteroatoms. The van der Waals surface area contributed by atoms with E-state index >= 15 is 0 Å².